The molecule has 0 fully saturated rings. The number of benzene rings is 8. The van der Waals surface area contributed by atoms with Crippen LogP contribution in [0.3, 0.4) is 0 Å². The highest BCUT2D eigenvalue weighted by Crippen LogP contribution is 2.48. The average molecular weight is 604 g/mol. The second-order valence-electron chi connectivity index (χ2n) is 11.7. The summed E-state index contributed by atoms with van der Waals surface area (Å²) < 4.78 is 2.66. The molecule has 1 aromatic heterocycles. The highest BCUT2D eigenvalue weighted by molar-refractivity contribution is 7.25. The number of fused-ring (bicyclic) bond motifs is 5. The van der Waals surface area contributed by atoms with Crippen molar-refractivity contribution in [2.45, 2.75) is 0 Å². The Hall–Kier alpha value is -5.70. The minimum Gasteiger partial charge on any atom is -0.311 e. The lowest BCUT2D eigenvalue weighted by atomic mass is 9.85. The van der Waals surface area contributed by atoms with Crippen LogP contribution in [0.25, 0.3) is 64.0 Å². The van der Waals surface area contributed by atoms with Crippen LogP contribution in [0, 0.1) is 0 Å². The first-order valence-electron chi connectivity index (χ1n) is 15.7. The SMILES string of the molecule is c1ccc(N(c2ccccc2)c2ccc(-c3c4ccccc4c(-c4cccc5sc6ccccc6c45)c4ccccc34)cc2)cc1. The Morgan fingerprint density at radius 3 is 1.37 bits per heavy atom. The predicted octanol–water partition coefficient (Wildman–Crippen LogP) is 13.2. The van der Waals surface area contributed by atoms with Gasteiger partial charge in [0.2, 0.25) is 0 Å². The molecule has 216 valence electrons. The molecular formula is C44H29NS. The molecule has 0 saturated heterocycles. The molecule has 0 atom stereocenters. The van der Waals surface area contributed by atoms with Crippen molar-refractivity contribution in [3.05, 3.63) is 176 Å². The van der Waals surface area contributed by atoms with E-state index in [9.17, 15) is 0 Å². The second kappa shape index (κ2) is 11.0. The van der Waals surface area contributed by atoms with Gasteiger partial charge in [-0.15, -0.1) is 11.3 Å². The van der Waals surface area contributed by atoms with E-state index >= 15 is 0 Å². The Kier molecular flexibility index (Phi) is 6.40. The van der Waals surface area contributed by atoms with E-state index in [0.29, 0.717) is 0 Å². The molecule has 0 amide bonds. The molecule has 0 saturated carbocycles. The maximum absolute atomic E-state index is 2.31. The van der Waals surface area contributed by atoms with E-state index in [1.807, 2.05) is 11.3 Å². The lowest BCUT2D eigenvalue weighted by Crippen LogP contribution is -2.09. The fourth-order valence-electron chi connectivity index (χ4n) is 7.09. The van der Waals surface area contributed by atoms with Gasteiger partial charge in [0, 0.05) is 37.2 Å². The Morgan fingerprint density at radius 1 is 0.326 bits per heavy atom. The summed E-state index contributed by atoms with van der Waals surface area (Å²) in [5, 5.41) is 7.76. The minimum absolute atomic E-state index is 1.13. The molecule has 8 aromatic carbocycles. The van der Waals surface area contributed by atoms with Gasteiger partial charge in [0.05, 0.1) is 0 Å². The smallest absolute Gasteiger partial charge is 0.0462 e. The summed E-state index contributed by atoms with van der Waals surface area (Å²) >= 11 is 1.88. The number of thiophene rings is 1. The van der Waals surface area contributed by atoms with Crippen molar-refractivity contribution >= 4 is 70.1 Å². The molecule has 0 unspecified atom stereocenters. The molecule has 1 heterocycles. The molecule has 0 aliphatic rings. The van der Waals surface area contributed by atoms with Gasteiger partial charge in [0.1, 0.15) is 0 Å². The van der Waals surface area contributed by atoms with Gasteiger partial charge in [-0.1, -0.05) is 127 Å². The van der Waals surface area contributed by atoms with Crippen molar-refractivity contribution in [1.29, 1.82) is 0 Å². The number of anilines is 3. The highest BCUT2D eigenvalue weighted by Gasteiger charge is 2.20. The molecule has 0 aliphatic carbocycles. The minimum atomic E-state index is 1.13. The quantitative estimate of drug-likeness (QED) is 0.177. The summed E-state index contributed by atoms with van der Waals surface area (Å²) in [7, 11) is 0. The van der Waals surface area contributed by atoms with Crippen molar-refractivity contribution in [2.75, 3.05) is 4.90 Å². The van der Waals surface area contributed by atoms with Crippen LogP contribution >= 0.6 is 11.3 Å². The van der Waals surface area contributed by atoms with Gasteiger partial charge < -0.3 is 4.90 Å². The van der Waals surface area contributed by atoms with E-state index in [2.05, 4.69) is 181 Å². The first kappa shape index (κ1) is 26.7. The molecule has 46 heavy (non-hydrogen) atoms. The number of hydrogen-bond acceptors (Lipinski definition) is 2. The molecule has 0 radical (unpaired) electrons. The van der Waals surface area contributed by atoms with Gasteiger partial charge in [0.15, 0.2) is 0 Å². The molecule has 0 aliphatic heterocycles. The molecule has 0 bridgehead atoms. The average Bonchev–Trinajstić information content (AvgIpc) is 3.51. The van der Waals surface area contributed by atoms with Gasteiger partial charge in [0.25, 0.3) is 0 Å². The lowest BCUT2D eigenvalue weighted by molar-refractivity contribution is 1.28. The Balaban J connectivity index is 1.28. The van der Waals surface area contributed by atoms with E-state index in [-0.39, 0.29) is 0 Å². The maximum Gasteiger partial charge on any atom is 0.0462 e. The van der Waals surface area contributed by atoms with Crippen molar-refractivity contribution in [3.8, 4) is 22.3 Å². The standard InChI is InChI=1S/C44H29NS/c1-3-14-31(15-4-1)45(32-16-5-2-6-17-32)33-28-26-30(27-29-33)42-34-18-7-9-20-36(34)43(37-21-10-8-19-35(37)42)39-23-13-25-41-44(39)38-22-11-12-24-40(38)46-41/h1-29H. The number of para-hydroxylation sites is 2. The summed E-state index contributed by atoms with van der Waals surface area (Å²) in [5.74, 6) is 0. The zero-order valence-corrected chi connectivity index (χ0v) is 25.9. The number of rotatable bonds is 5. The van der Waals surface area contributed by atoms with Gasteiger partial charge in [-0.2, -0.15) is 0 Å². The van der Waals surface area contributed by atoms with Crippen molar-refractivity contribution in [1.82, 2.24) is 0 Å². The van der Waals surface area contributed by atoms with E-state index in [1.54, 1.807) is 0 Å². The van der Waals surface area contributed by atoms with Gasteiger partial charge >= 0.3 is 0 Å². The van der Waals surface area contributed by atoms with Crippen LogP contribution in [-0.4, -0.2) is 0 Å². The first-order chi connectivity index (χ1) is 22.8. The van der Waals surface area contributed by atoms with Crippen molar-refractivity contribution in [2.24, 2.45) is 0 Å². The van der Waals surface area contributed by atoms with Gasteiger partial charge in [-0.3, -0.25) is 0 Å². The summed E-state index contributed by atoms with van der Waals surface area (Å²) in [4.78, 5) is 2.31. The largest absolute Gasteiger partial charge is 0.311 e. The van der Waals surface area contributed by atoms with Crippen molar-refractivity contribution in [3.63, 3.8) is 0 Å². The molecule has 9 rings (SSSR count). The first-order valence-corrected chi connectivity index (χ1v) is 16.5. The monoisotopic (exact) mass is 603 g/mol. The summed E-state index contributed by atoms with van der Waals surface area (Å²) in [6, 6.07) is 63.7. The topological polar surface area (TPSA) is 3.24 Å². The van der Waals surface area contributed by atoms with Crippen molar-refractivity contribution < 1.29 is 0 Å². The third-order valence-electron chi connectivity index (χ3n) is 9.05. The van der Waals surface area contributed by atoms with E-state index in [1.165, 1.54) is 64.0 Å². The number of hydrogen-bond donors (Lipinski definition) is 0. The molecule has 9 aromatic rings. The summed E-state index contributed by atoms with van der Waals surface area (Å²) in [6.45, 7) is 0. The zero-order valence-electron chi connectivity index (χ0n) is 25.1. The van der Waals surface area contributed by atoms with Gasteiger partial charge in [-0.05, 0) is 92.3 Å². The third kappa shape index (κ3) is 4.30. The predicted molar refractivity (Wildman–Crippen MR) is 200 cm³/mol. The van der Waals surface area contributed by atoms with Crippen LogP contribution < -0.4 is 4.90 Å². The van der Waals surface area contributed by atoms with Crippen LogP contribution in [0.1, 0.15) is 0 Å². The Morgan fingerprint density at radius 2 is 0.783 bits per heavy atom. The zero-order chi connectivity index (χ0) is 30.5. The fraction of sp³-hybridized carbons (Fsp3) is 0. The normalized spacial score (nSPS) is 11.5. The molecule has 1 nitrogen and oxygen atoms in total. The fourth-order valence-corrected chi connectivity index (χ4v) is 8.22. The van der Waals surface area contributed by atoms with E-state index in [4.69, 9.17) is 0 Å². The van der Waals surface area contributed by atoms with Crippen LogP contribution in [-0.2, 0) is 0 Å². The summed E-state index contributed by atoms with van der Waals surface area (Å²) in [5.41, 5.74) is 8.49. The van der Waals surface area contributed by atoms with Crippen LogP contribution in [0.5, 0.6) is 0 Å². The second-order valence-corrected chi connectivity index (χ2v) is 12.8. The Bertz CT molecular complexity index is 2420. The van der Waals surface area contributed by atoms with Crippen LogP contribution in [0.4, 0.5) is 17.1 Å². The lowest BCUT2D eigenvalue weighted by Gasteiger charge is -2.25. The van der Waals surface area contributed by atoms with E-state index in [0.717, 1.165) is 17.1 Å². The third-order valence-corrected chi connectivity index (χ3v) is 10.2. The molecule has 0 spiro atoms. The molecule has 0 N–H and O–H groups in total. The number of nitrogens with zero attached hydrogens (tertiary/aromatic N) is 1. The van der Waals surface area contributed by atoms with Gasteiger partial charge in [-0.25, -0.2) is 0 Å². The maximum atomic E-state index is 2.31. The Labute approximate surface area is 272 Å². The highest BCUT2D eigenvalue weighted by atomic mass is 32.1. The van der Waals surface area contributed by atoms with E-state index < -0.39 is 0 Å². The van der Waals surface area contributed by atoms with Crippen LogP contribution in [0.2, 0.25) is 0 Å². The molecular weight excluding hydrogens is 575 g/mol. The molecule has 2 heteroatoms. The summed E-state index contributed by atoms with van der Waals surface area (Å²) in [6.07, 6.45) is 0. The van der Waals surface area contributed by atoms with Crippen LogP contribution in [0.15, 0.2) is 176 Å².